The molecule has 3 fully saturated rings. The Bertz CT molecular complexity index is 1260. The molecule has 0 spiro atoms. The molecule has 3 aliphatic carbocycles. The van der Waals surface area contributed by atoms with Crippen molar-refractivity contribution < 1.29 is 14.4 Å². The van der Waals surface area contributed by atoms with E-state index in [4.69, 9.17) is 0 Å². The van der Waals surface area contributed by atoms with Gasteiger partial charge in [-0.1, -0.05) is 25.7 Å². The lowest BCUT2D eigenvalue weighted by Gasteiger charge is -2.30. The van der Waals surface area contributed by atoms with Gasteiger partial charge in [0.05, 0.1) is 18.1 Å². The minimum Gasteiger partial charge on any atom is -0.247 e. The molecule has 1 aromatic heterocycles. The van der Waals surface area contributed by atoms with Crippen molar-refractivity contribution in [3.05, 3.63) is 31.5 Å². The summed E-state index contributed by atoms with van der Waals surface area (Å²) in [6, 6.07) is -0.742. The molecular formula is C27H36N6O6. The van der Waals surface area contributed by atoms with E-state index in [0.717, 1.165) is 39.4 Å². The summed E-state index contributed by atoms with van der Waals surface area (Å²) in [6.07, 6.45) is 14.0. The van der Waals surface area contributed by atoms with Gasteiger partial charge in [-0.15, -0.1) is 0 Å². The molecule has 12 nitrogen and oxygen atoms in total. The standard InChI is InChI=1S/C27H36N6O6/c34-16-28-22-11-9-19(10-12-22)13-31-25(37)32(14-20-5-1-3-7-23(20)29-17-35)27(39)33(26(31)38)15-21-6-2-4-8-24(21)30-18-36/h19-24H,1-15H2. The summed E-state index contributed by atoms with van der Waals surface area (Å²) in [6.45, 7) is 0.293. The van der Waals surface area contributed by atoms with Crippen LogP contribution in [-0.4, -0.2) is 50.1 Å². The highest BCUT2D eigenvalue weighted by molar-refractivity contribution is 5.34. The molecule has 12 heteroatoms. The summed E-state index contributed by atoms with van der Waals surface area (Å²) in [7, 11) is 0. The van der Waals surface area contributed by atoms with Gasteiger partial charge in [0.1, 0.15) is 0 Å². The Morgan fingerprint density at radius 2 is 0.949 bits per heavy atom. The number of isocyanates is 3. The Kier molecular flexibility index (Phi) is 9.93. The molecule has 0 N–H and O–H groups in total. The van der Waals surface area contributed by atoms with E-state index in [1.54, 1.807) is 18.2 Å². The normalized spacial score (nSPS) is 28.9. The van der Waals surface area contributed by atoms with Gasteiger partial charge < -0.3 is 0 Å². The summed E-state index contributed by atoms with van der Waals surface area (Å²) in [4.78, 5) is 85.4. The Morgan fingerprint density at radius 1 is 0.538 bits per heavy atom. The molecule has 1 heterocycles. The number of aromatic nitrogens is 3. The maximum Gasteiger partial charge on any atom is 0.336 e. The molecule has 4 atom stereocenters. The fraction of sp³-hybridized carbons (Fsp3) is 0.778. The van der Waals surface area contributed by atoms with Gasteiger partial charge in [0.2, 0.25) is 18.2 Å². The Balaban J connectivity index is 1.71. The second kappa shape index (κ2) is 13.6. The van der Waals surface area contributed by atoms with E-state index in [-0.39, 0.29) is 55.5 Å². The summed E-state index contributed by atoms with van der Waals surface area (Å²) >= 11 is 0. The number of nitrogens with zero attached hydrogens (tertiary/aromatic N) is 6. The minimum absolute atomic E-state index is 0.0251. The van der Waals surface area contributed by atoms with E-state index >= 15 is 0 Å². The second-order valence-corrected chi connectivity index (χ2v) is 11.2. The third-order valence-electron chi connectivity index (χ3n) is 8.89. The Morgan fingerprint density at radius 3 is 1.38 bits per heavy atom. The van der Waals surface area contributed by atoms with E-state index in [0.29, 0.717) is 51.4 Å². The first-order chi connectivity index (χ1) is 19.0. The first-order valence-corrected chi connectivity index (χ1v) is 14.1. The summed E-state index contributed by atoms with van der Waals surface area (Å²) in [5.41, 5.74) is -1.98. The van der Waals surface area contributed by atoms with Crippen molar-refractivity contribution in [2.45, 2.75) is 115 Å². The highest BCUT2D eigenvalue weighted by atomic mass is 16.2. The highest BCUT2D eigenvalue weighted by Crippen LogP contribution is 2.29. The fourth-order valence-electron chi connectivity index (χ4n) is 6.69. The maximum atomic E-state index is 13.7. The van der Waals surface area contributed by atoms with Crippen molar-refractivity contribution in [2.24, 2.45) is 32.7 Å². The average molecular weight is 541 g/mol. The van der Waals surface area contributed by atoms with Crippen molar-refractivity contribution in [3.8, 4) is 0 Å². The van der Waals surface area contributed by atoms with E-state index < -0.39 is 17.1 Å². The lowest BCUT2D eigenvalue weighted by atomic mass is 9.84. The first kappa shape index (κ1) is 28.6. The van der Waals surface area contributed by atoms with Gasteiger partial charge in [-0.25, -0.2) is 57.4 Å². The summed E-state index contributed by atoms with van der Waals surface area (Å²) < 4.78 is 3.43. The molecule has 0 aromatic carbocycles. The topological polar surface area (TPSA) is 154 Å². The molecule has 3 aliphatic rings. The van der Waals surface area contributed by atoms with Crippen LogP contribution < -0.4 is 17.1 Å². The molecule has 1 aromatic rings. The van der Waals surface area contributed by atoms with Crippen LogP contribution in [0.5, 0.6) is 0 Å². The van der Waals surface area contributed by atoms with Crippen LogP contribution in [0.2, 0.25) is 0 Å². The molecule has 210 valence electrons. The quantitative estimate of drug-likeness (QED) is 0.344. The Hall–Kier alpha value is -3.45. The summed E-state index contributed by atoms with van der Waals surface area (Å²) in [5.74, 6) is -0.357. The van der Waals surface area contributed by atoms with Crippen LogP contribution in [0.15, 0.2) is 29.4 Å². The van der Waals surface area contributed by atoms with E-state index in [9.17, 15) is 28.8 Å². The largest absolute Gasteiger partial charge is 0.336 e. The zero-order valence-corrected chi connectivity index (χ0v) is 22.2. The monoisotopic (exact) mass is 540 g/mol. The van der Waals surface area contributed by atoms with Crippen molar-refractivity contribution in [2.75, 3.05) is 0 Å². The van der Waals surface area contributed by atoms with Crippen LogP contribution >= 0.6 is 0 Å². The average Bonchev–Trinajstić information content (AvgIpc) is 2.94. The number of hydrogen-bond acceptors (Lipinski definition) is 9. The summed E-state index contributed by atoms with van der Waals surface area (Å²) in [5, 5.41) is 0. The molecule has 0 aliphatic heterocycles. The zero-order chi connectivity index (χ0) is 27.8. The molecule has 39 heavy (non-hydrogen) atoms. The maximum absolute atomic E-state index is 13.7. The Labute approximate surface area is 225 Å². The van der Waals surface area contributed by atoms with Crippen molar-refractivity contribution in [1.29, 1.82) is 0 Å². The van der Waals surface area contributed by atoms with E-state index in [1.807, 2.05) is 0 Å². The molecule has 0 radical (unpaired) electrons. The first-order valence-electron chi connectivity index (χ1n) is 14.1. The van der Waals surface area contributed by atoms with E-state index in [1.165, 1.54) is 0 Å². The van der Waals surface area contributed by atoms with Crippen LogP contribution in [0.1, 0.15) is 77.0 Å². The molecule has 3 saturated carbocycles. The van der Waals surface area contributed by atoms with Gasteiger partial charge in [-0.3, -0.25) is 0 Å². The van der Waals surface area contributed by atoms with Crippen molar-refractivity contribution in [1.82, 2.24) is 13.7 Å². The minimum atomic E-state index is -0.677. The van der Waals surface area contributed by atoms with E-state index in [2.05, 4.69) is 15.0 Å². The van der Waals surface area contributed by atoms with Crippen LogP contribution in [0.4, 0.5) is 0 Å². The van der Waals surface area contributed by atoms with Gasteiger partial charge >= 0.3 is 17.1 Å². The predicted molar refractivity (Wildman–Crippen MR) is 141 cm³/mol. The van der Waals surface area contributed by atoms with Gasteiger partial charge in [0.15, 0.2) is 0 Å². The van der Waals surface area contributed by atoms with Crippen molar-refractivity contribution in [3.63, 3.8) is 0 Å². The van der Waals surface area contributed by atoms with Crippen LogP contribution in [-0.2, 0) is 34.0 Å². The third kappa shape index (κ3) is 6.77. The van der Waals surface area contributed by atoms with Crippen LogP contribution in [0.25, 0.3) is 0 Å². The molecular weight excluding hydrogens is 504 g/mol. The molecule has 4 unspecified atom stereocenters. The molecule has 0 amide bonds. The van der Waals surface area contributed by atoms with Crippen LogP contribution in [0.3, 0.4) is 0 Å². The number of rotatable bonds is 9. The number of hydrogen-bond donors (Lipinski definition) is 0. The fourth-order valence-corrected chi connectivity index (χ4v) is 6.69. The number of carbonyl (C=O) groups excluding carboxylic acids is 3. The second-order valence-electron chi connectivity index (χ2n) is 11.2. The van der Waals surface area contributed by atoms with Gasteiger partial charge in [0, 0.05) is 31.5 Å². The lowest BCUT2D eigenvalue weighted by Crippen LogP contribution is -2.57. The lowest BCUT2D eigenvalue weighted by molar-refractivity contribution is 0.234. The molecule has 0 saturated heterocycles. The highest BCUT2D eigenvalue weighted by Gasteiger charge is 2.31. The van der Waals surface area contributed by atoms with Crippen molar-refractivity contribution >= 4 is 18.2 Å². The van der Waals surface area contributed by atoms with Crippen LogP contribution in [0, 0.1) is 17.8 Å². The SMILES string of the molecule is O=C=NC1CCC(Cn2c(=O)n(CC3CCCCC3N=C=O)c(=O)n(CC3CCCCC3N=C=O)c2=O)CC1. The zero-order valence-electron chi connectivity index (χ0n) is 22.2. The number of aliphatic imine (C=N–C) groups is 3. The van der Waals surface area contributed by atoms with Gasteiger partial charge in [0.25, 0.3) is 0 Å². The predicted octanol–water partition coefficient (Wildman–Crippen LogP) is 1.86. The van der Waals surface area contributed by atoms with Gasteiger partial charge in [-0.05, 0) is 57.3 Å². The van der Waals surface area contributed by atoms with Gasteiger partial charge in [-0.2, -0.15) is 0 Å². The third-order valence-corrected chi connectivity index (χ3v) is 8.89. The molecule has 0 bridgehead atoms. The smallest absolute Gasteiger partial charge is 0.247 e. The molecule has 4 rings (SSSR count).